The van der Waals surface area contributed by atoms with Crippen LogP contribution in [0, 0.1) is 3.57 Å². The summed E-state index contributed by atoms with van der Waals surface area (Å²) in [7, 11) is -3.53. The molecule has 6 heteroatoms. The largest absolute Gasteiger partial charge is 0.309 e. The van der Waals surface area contributed by atoms with Crippen molar-refractivity contribution < 1.29 is 8.42 Å². The minimum atomic E-state index is -3.53. The van der Waals surface area contributed by atoms with Crippen molar-refractivity contribution in [1.29, 1.82) is 0 Å². The van der Waals surface area contributed by atoms with Gasteiger partial charge in [-0.1, -0.05) is 6.07 Å². The molecule has 0 fully saturated rings. The summed E-state index contributed by atoms with van der Waals surface area (Å²) in [5.74, 6) is 0. The van der Waals surface area contributed by atoms with Crippen molar-refractivity contribution in [3.8, 4) is 0 Å². The highest BCUT2D eigenvalue weighted by atomic mass is 127. The van der Waals surface area contributed by atoms with E-state index in [-0.39, 0.29) is 0 Å². The molecule has 0 saturated carbocycles. The van der Waals surface area contributed by atoms with Crippen molar-refractivity contribution in [3.05, 3.63) is 57.2 Å². The summed E-state index contributed by atoms with van der Waals surface area (Å²) in [6.45, 7) is 1.53. The molecule has 3 rings (SSSR count). The van der Waals surface area contributed by atoms with E-state index in [0.29, 0.717) is 10.6 Å². The van der Waals surface area contributed by atoms with Crippen LogP contribution in [0.4, 0.5) is 5.69 Å². The first kappa shape index (κ1) is 13.8. The highest BCUT2D eigenvalue weighted by Crippen LogP contribution is 2.22. The number of hydrogen-bond donors (Lipinski definition) is 2. The summed E-state index contributed by atoms with van der Waals surface area (Å²) in [6, 6.07) is 12.5. The van der Waals surface area contributed by atoms with Gasteiger partial charge < -0.3 is 5.32 Å². The molecule has 0 amide bonds. The Balaban J connectivity index is 1.90. The maximum atomic E-state index is 12.4. The van der Waals surface area contributed by atoms with E-state index in [4.69, 9.17) is 0 Å². The standard InChI is InChI=1S/C14H13IN2O2S/c15-12-2-4-13(5-3-12)17-20(18,19)14-6-1-10-8-16-9-11(10)7-14/h1-7,16-17H,8-9H2. The van der Waals surface area contributed by atoms with Crippen LogP contribution in [0.15, 0.2) is 47.4 Å². The van der Waals surface area contributed by atoms with Gasteiger partial charge in [-0.2, -0.15) is 0 Å². The molecule has 20 heavy (non-hydrogen) atoms. The van der Waals surface area contributed by atoms with Crippen LogP contribution in [-0.4, -0.2) is 8.42 Å². The number of anilines is 1. The molecule has 2 aromatic carbocycles. The lowest BCUT2D eigenvalue weighted by Crippen LogP contribution is -2.13. The highest BCUT2D eigenvalue weighted by molar-refractivity contribution is 14.1. The van der Waals surface area contributed by atoms with Crippen LogP contribution in [0.3, 0.4) is 0 Å². The zero-order chi connectivity index (χ0) is 14.2. The van der Waals surface area contributed by atoms with Crippen molar-refractivity contribution >= 4 is 38.3 Å². The second kappa shape index (κ2) is 5.34. The molecule has 0 atom stereocenters. The lowest BCUT2D eigenvalue weighted by atomic mass is 10.1. The SMILES string of the molecule is O=S(=O)(Nc1ccc(I)cc1)c1ccc2c(c1)CNC2. The van der Waals surface area contributed by atoms with Crippen molar-refractivity contribution in [2.75, 3.05) is 4.72 Å². The van der Waals surface area contributed by atoms with E-state index in [0.717, 1.165) is 22.2 Å². The number of hydrogen-bond acceptors (Lipinski definition) is 3. The lowest BCUT2D eigenvalue weighted by Gasteiger charge is -2.09. The van der Waals surface area contributed by atoms with Gasteiger partial charge in [0.2, 0.25) is 0 Å². The van der Waals surface area contributed by atoms with Gasteiger partial charge in [-0.3, -0.25) is 4.72 Å². The fourth-order valence-corrected chi connectivity index (χ4v) is 3.64. The summed E-state index contributed by atoms with van der Waals surface area (Å²) < 4.78 is 28.4. The van der Waals surface area contributed by atoms with Crippen LogP contribution in [-0.2, 0) is 23.1 Å². The molecular weight excluding hydrogens is 387 g/mol. The molecule has 104 valence electrons. The van der Waals surface area contributed by atoms with E-state index in [1.54, 1.807) is 24.3 Å². The van der Waals surface area contributed by atoms with Crippen molar-refractivity contribution in [2.24, 2.45) is 0 Å². The summed E-state index contributed by atoms with van der Waals surface area (Å²) in [4.78, 5) is 0.304. The molecule has 0 aliphatic carbocycles. The van der Waals surface area contributed by atoms with E-state index in [1.165, 1.54) is 5.56 Å². The summed E-state index contributed by atoms with van der Waals surface area (Å²) >= 11 is 2.18. The van der Waals surface area contributed by atoms with Crippen LogP contribution in [0.2, 0.25) is 0 Å². The van der Waals surface area contributed by atoms with Gasteiger partial charge in [-0.05, 0) is 70.1 Å². The first-order chi connectivity index (χ1) is 9.54. The molecule has 0 saturated heterocycles. The van der Waals surface area contributed by atoms with Crippen LogP contribution >= 0.6 is 22.6 Å². The molecule has 0 bridgehead atoms. The van der Waals surface area contributed by atoms with Gasteiger partial charge in [0.05, 0.1) is 4.90 Å². The number of rotatable bonds is 3. The fourth-order valence-electron chi connectivity index (χ4n) is 2.17. The molecule has 0 unspecified atom stereocenters. The molecule has 0 spiro atoms. The van der Waals surface area contributed by atoms with Crippen molar-refractivity contribution in [2.45, 2.75) is 18.0 Å². The Morgan fingerprint density at radius 2 is 1.70 bits per heavy atom. The van der Waals surface area contributed by atoms with Gasteiger partial charge in [-0.15, -0.1) is 0 Å². The minimum Gasteiger partial charge on any atom is -0.309 e. The molecule has 1 heterocycles. The second-order valence-electron chi connectivity index (χ2n) is 4.65. The fraction of sp³-hybridized carbons (Fsp3) is 0.143. The van der Waals surface area contributed by atoms with Crippen LogP contribution in [0.5, 0.6) is 0 Å². The number of fused-ring (bicyclic) bond motifs is 1. The molecule has 0 aromatic heterocycles. The monoisotopic (exact) mass is 400 g/mol. The highest BCUT2D eigenvalue weighted by Gasteiger charge is 2.18. The Bertz CT molecular complexity index is 742. The Hall–Kier alpha value is -1.12. The average molecular weight is 400 g/mol. The number of halogens is 1. The van der Waals surface area contributed by atoms with E-state index in [9.17, 15) is 8.42 Å². The quantitative estimate of drug-likeness (QED) is 0.780. The van der Waals surface area contributed by atoms with Crippen LogP contribution in [0.25, 0.3) is 0 Å². The van der Waals surface area contributed by atoms with Crippen molar-refractivity contribution in [1.82, 2.24) is 5.32 Å². The average Bonchev–Trinajstić information content (AvgIpc) is 2.88. The van der Waals surface area contributed by atoms with E-state index in [1.807, 2.05) is 18.2 Å². The molecular formula is C14H13IN2O2S. The third-order valence-electron chi connectivity index (χ3n) is 3.22. The van der Waals surface area contributed by atoms with Gasteiger partial charge in [0.25, 0.3) is 10.0 Å². The third-order valence-corrected chi connectivity index (χ3v) is 5.31. The summed E-state index contributed by atoms with van der Waals surface area (Å²) in [5, 5.41) is 3.21. The Morgan fingerprint density at radius 3 is 2.45 bits per heavy atom. The maximum Gasteiger partial charge on any atom is 0.261 e. The van der Waals surface area contributed by atoms with Crippen LogP contribution < -0.4 is 10.0 Å². The summed E-state index contributed by atoms with van der Waals surface area (Å²) in [6.07, 6.45) is 0. The molecule has 2 N–H and O–H groups in total. The smallest absolute Gasteiger partial charge is 0.261 e. The Labute approximate surface area is 131 Å². The minimum absolute atomic E-state index is 0.304. The van der Waals surface area contributed by atoms with Gasteiger partial charge >= 0.3 is 0 Å². The van der Waals surface area contributed by atoms with Gasteiger partial charge in [0.15, 0.2) is 0 Å². The Morgan fingerprint density at radius 1 is 1.00 bits per heavy atom. The maximum absolute atomic E-state index is 12.4. The topological polar surface area (TPSA) is 58.2 Å². The number of benzene rings is 2. The molecule has 0 radical (unpaired) electrons. The zero-order valence-corrected chi connectivity index (χ0v) is 13.5. The van der Waals surface area contributed by atoms with Crippen LogP contribution in [0.1, 0.15) is 11.1 Å². The predicted molar refractivity (Wildman–Crippen MR) is 87.0 cm³/mol. The Kier molecular flexibility index (Phi) is 3.70. The van der Waals surface area contributed by atoms with E-state index >= 15 is 0 Å². The predicted octanol–water partition coefficient (Wildman–Crippen LogP) is 2.70. The van der Waals surface area contributed by atoms with Crippen molar-refractivity contribution in [3.63, 3.8) is 0 Å². The first-order valence-corrected chi connectivity index (χ1v) is 8.72. The lowest BCUT2D eigenvalue weighted by molar-refractivity contribution is 0.601. The first-order valence-electron chi connectivity index (χ1n) is 6.15. The van der Waals surface area contributed by atoms with Gasteiger partial charge in [0.1, 0.15) is 0 Å². The molecule has 1 aliphatic heterocycles. The third kappa shape index (κ3) is 2.82. The van der Waals surface area contributed by atoms with Gasteiger partial charge in [0, 0.05) is 22.3 Å². The van der Waals surface area contributed by atoms with E-state index in [2.05, 4.69) is 32.6 Å². The van der Waals surface area contributed by atoms with Gasteiger partial charge in [-0.25, -0.2) is 8.42 Å². The molecule has 4 nitrogen and oxygen atoms in total. The molecule has 2 aromatic rings. The summed E-state index contributed by atoms with van der Waals surface area (Å²) in [5.41, 5.74) is 2.79. The normalized spacial score (nSPS) is 14.1. The van der Waals surface area contributed by atoms with E-state index < -0.39 is 10.0 Å². The number of sulfonamides is 1. The second-order valence-corrected chi connectivity index (χ2v) is 7.57. The zero-order valence-electron chi connectivity index (χ0n) is 10.6. The molecule has 1 aliphatic rings. The number of nitrogens with one attached hydrogen (secondary N) is 2.